The summed E-state index contributed by atoms with van der Waals surface area (Å²) < 4.78 is 1.53. The topological polar surface area (TPSA) is 59.3 Å². The number of rotatable bonds is 3. The molecule has 2 aromatic rings. The van der Waals surface area contributed by atoms with Crippen LogP contribution in [-0.4, -0.2) is 21.4 Å². The summed E-state index contributed by atoms with van der Waals surface area (Å²) in [5.74, 6) is -1.05. The van der Waals surface area contributed by atoms with Gasteiger partial charge in [-0.3, -0.25) is 9.59 Å². The van der Waals surface area contributed by atoms with Crippen molar-refractivity contribution < 1.29 is 14.7 Å². The molecule has 4 nitrogen and oxygen atoms in total. The van der Waals surface area contributed by atoms with Crippen molar-refractivity contribution in [2.24, 2.45) is 0 Å². The highest BCUT2D eigenvalue weighted by atomic mass is 35.5. The molecular formula is C13H12ClNO3. The van der Waals surface area contributed by atoms with Crippen molar-refractivity contribution in [3.05, 3.63) is 34.5 Å². The molecule has 0 aliphatic heterocycles. The van der Waals surface area contributed by atoms with E-state index >= 15 is 0 Å². The summed E-state index contributed by atoms with van der Waals surface area (Å²) in [5.41, 5.74) is 2.05. The van der Waals surface area contributed by atoms with Gasteiger partial charge in [-0.2, -0.15) is 0 Å². The van der Waals surface area contributed by atoms with Crippen LogP contribution < -0.4 is 0 Å². The van der Waals surface area contributed by atoms with Gasteiger partial charge in [-0.1, -0.05) is 11.6 Å². The summed E-state index contributed by atoms with van der Waals surface area (Å²) >= 11 is 6.04. The maximum atomic E-state index is 11.6. The Bertz CT molecular complexity index is 658. The van der Waals surface area contributed by atoms with E-state index in [1.165, 1.54) is 11.5 Å². The van der Waals surface area contributed by atoms with E-state index in [1.54, 1.807) is 12.3 Å². The number of Topliss-reactive ketones (excluding diaryl/α,β-unsaturated/α-hetero) is 1. The number of halogens is 1. The highest BCUT2D eigenvalue weighted by Crippen LogP contribution is 2.28. The van der Waals surface area contributed by atoms with E-state index in [-0.39, 0.29) is 12.3 Å². The number of hydrogen-bond donors (Lipinski definition) is 1. The molecule has 0 amide bonds. The van der Waals surface area contributed by atoms with Gasteiger partial charge in [0.15, 0.2) is 5.78 Å². The number of aryl methyl sites for hydroxylation is 1. The molecule has 1 heterocycles. The molecule has 2 rings (SSSR count). The van der Waals surface area contributed by atoms with Gasteiger partial charge in [0, 0.05) is 22.2 Å². The number of carbonyl (C=O) groups excluding carboxylic acids is 1. The van der Waals surface area contributed by atoms with Crippen LogP contribution in [0, 0.1) is 6.92 Å². The van der Waals surface area contributed by atoms with Crippen molar-refractivity contribution in [3.63, 3.8) is 0 Å². The molecule has 0 atom stereocenters. The number of fused-ring (bicyclic) bond motifs is 1. The van der Waals surface area contributed by atoms with Crippen LogP contribution >= 0.6 is 11.6 Å². The van der Waals surface area contributed by atoms with Gasteiger partial charge in [0.05, 0.1) is 5.52 Å². The standard InChI is InChI=1S/C13H12ClNO3/c1-7-3-9-10(8(2)16)5-15(6-13(17)18)12(9)4-11(7)14/h3-5H,6H2,1-2H3,(H,17,18). The largest absolute Gasteiger partial charge is 0.480 e. The quantitative estimate of drug-likeness (QED) is 0.868. The monoisotopic (exact) mass is 265 g/mol. The summed E-state index contributed by atoms with van der Waals surface area (Å²) in [6.45, 7) is 3.12. The van der Waals surface area contributed by atoms with Crippen LogP contribution in [0.25, 0.3) is 10.9 Å². The van der Waals surface area contributed by atoms with Gasteiger partial charge >= 0.3 is 5.97 Å². The lowest BCUT2D eigenvalue weighted by molar-refractivity contribution is -0.137. The number of nitrogens with zero attached hydrogens (tertiary/aromatic N) is 1. The van der Waals surface area contributed by atoms with Crippen molar-refractivity contribution in [1.82, 2.24) is 4.57 Å². The third-order valence-electron chi connectivity index (χ3n) is 2.85. The van der Waals surface area contributed by atoms with Crippen LogP contribution in [0.15, 0.2) is 18.3 Å². The maximum Gasteiger partial charge on any atom is 0.323 e. The second-order valence-electron chi connectivity index (χ2n) is 4.24. The van der Waals surface area contributed by atoms with Crippen LogP contribution in [0.4, 0.5) is 0 Å². The summed E-state index contributed by atoms with van der Waals surface area (Å²) in [5, 5.41) is 10.2. The third kappa shape index (κ3) is 2.11. The average Bonchev–Trinajstić information content (AvgIpc) is 2.57. The molecule has 1 aromatic heterocycles. The predicted molar refractivity (Wildman–Crippen MR) is 69.3 cm³/mol. The van der Waals surface area contributed by atoms with Crippen LogP contribution in [-0.2, 0) is 11.3 Å². The Labute approximate surface area is 109 Å². The molecule has 1 aromatic carbocycles. The highest BCUT2D eigenvalue weighted by molar-refractivity contribution is 6.32. The van der Waals surface area contributed by atoms with Gasteiger partial charge < -0.3 is 9.67 Å². The van der Waals surface area contributed by atoms with Gasteiger partial charge in [0.25, 0.3) is 0 Å². The van der Waals surface area contributed by atoms with Crippen molar-refractivity contribution >= 4 is 34.3 Å². The van der Waals surface area contributed by atoms with E-state index in [2.05, 4.69) is 0 Å². The minimum absolute atomic E-state index is 0.0918. The lowest BCUT2D eigenvalue weighted by Gasteiger charge is -2.03. The molecule has 0 bridgehead atoms. The molecule has 94 valence electrons. The minimum atomic E-state index is -0.960. The van der Waals surface area contributed by atoms with E-state index in [9.17, 15) is 9.59 Å². The third-order valence-corrected chi connectivity index (χ3v) is 3.25. The number of carboxylic acid groups (broad SMARTS) is 1. The molecule has 0 aliphatic rings. The number of ketones is 1. The zero-order valence-corrected chi connectivity index (χ0v) is 10.8. The molecule has 0 saturated heterocycles. The van der Waals surface area contributed by atoms with E-state index in [1.807, 2.05) is 13.0 Å². The number of aliphatic carboxylic acids is 1. The summed E-state index contributed by atoms with van der Waals surface area (Å²) in [7, 11) is 0. The Kier molecular flexibility index (Phi) is 3.13. The SMILES string of the molecule is CC(=O)c1cn(CC(=O)O)c2cc(Cl)c(C)cc12. The van der Waals surface area contributed by atoms with Gasteiger partial charge in [-0.25, -0.2) is 0 Å². The predicted octanol–water partition coefficient (Wildman–Crippen LogP) is 2.89. The zero-order chi connectivity index (χ0) is 13.4. The van der Waals surface area contributed by atoms with Crippen LogP contribution in [0.3, 0.4) is 0 Å². The van der Waals surface area contributed by atoms with E-state index < -0.39 is 5.97 Å². The van der Waals surface area contributed by atoms with E-state index in [0.29, 0.717) is 16.1 Å². The summed E-state index contributed by atoms with van der Waals surface area (Å²) in [4.78, 5) is 22.4. The number of carboxylic acids is 1. The number of benzene rings is 1. The smallest absolute Gasteiger partial charge is 0.323 e. The Morgan fingerprint density at radius 2 is 2.06 bits per heavy atom. The van der Waals surface area contributed by atoms with Crippen molar-refractivity contribution in [1.29, 1.82) is 0 Å². The van der Waals surface area contributed by atoms with Crippen molar-refractivity contribution in [3.8, 4) is 0 Å². The normalized spacial score (nSPS) is 10.8. The number of carbonyl (C=O) groups is 2. The molecule has 0 fully saturated rings. The fourth-order valence-electron chi connectivity index (χ4n) is 1.98. The Morgan fingerprint density at radius 3 is 2.61 bits per heavy atom. The van der Waals surface area contributed by atoms with E-state index in [0.717, 1.165) is 10.9 Å². The number of hydrogen-bond acceptors (Lipinski definition) is 2. The second kappa shape index (κ2) is 4.46. The Balaban J connectivity index is 2.76. The van der Waals surface area contributed by atoms with Gasteiger partial charge in [0.2, 0.25) is 0 Å². The Hall–Kier alpha value is -1.81. The van der Waals surface area contributed by atoms with Crippen LogP contribution in [0.1, 0.15) is 22.8 Å². The highest BCUT2D eigenvalue weighted by Gasteiger charge is 2.14. The molecule has 0 aliphatic carbocycles. The zero-order valence-electron chi connectivity index (χ0n) is 10.0. The lowest BCUT2D eigenvalue weighted by atomic mass is 10.1. The number of aromatic nitrogens is 1. The maximum absolute atomic E-state index is 11.6. The molecule has 18 heavy (non-hydrogen) atoms. The lowest BCUT2D eigenvalue weighted by Crippen LogP contribution is -2.07. The average molecular weight is 266 g/mol. The van der Waals surface area contributed by atoms with Gasteiger partial charge in [0.1, 0.15) is 6.54 Å². The van der Waals surface area contributed by atoms with Gasteiger partial charge in [-0.15, -0.1) is 0 Å². The first-order valence-corrected chi connectivity index (χ1v) is 5.79. The van der Waals surface area contributed by atoms with Gasteiger partial charge in [-0.05, 0) is 31.5 Å². The first-order chi connectivity index (χ1) is 8.40. The second-order valence-corrected chi connectivity index (χ2v) is 4.65. The minimum Gasteiger partial charge on any atom is -0.480 e. The molecule has 0 saturated carbocycles. The fraction of sp³-hybridized carbons (Fsp3) is 0.231. The summed E-state index contributed by atoms with van der Waals surface area (Å²) in [6.07, 6.45) is 1.57. The van der Waals surface area contributed by atoms with Crippen LogP contribution in [0.5, 0.6) is 0 Å². The first-order valence-electron chi connectivity index (χ1n) is 5.42. The fourth-order valence-corrected chi connectivity index (χ4v) is 2.13. The molecule has 1 N–H and O–H groups in total. The molecule has 5 heteroatoms. The molecule has 0 spiro atoms. The van der Waals surface area contributed by atoms with Crippen molar-refractivity contribution in [2.75, 3.05) is 0 Å². The van der Waals surface area contributed by atoms with Crippen LogP contribution in [0.2, 0.25) is 5.02 Å². The molecular weight excluding hydrogens is 254 g/mol. The van der Waals surface area contributed by atoms with Crippen molar-refractivity contribution in [2.45, 2.75) is 20.4 Å². The van der Waals surface area contributed by atoms with E-state index in [4.69, 9.17) is 16.7 Å². The molecule has 0 unspecified atom stereocenters. The first kappa shape index (κ1) is 12.6. The Morgan fingerprint density at radius 1 is 1.39 bits per heavy atom. The molecule has 0 radical (unpaired) electrons. The summed E-state index contributed by atoms with van der Waals surface area (Å²) in [6, 6.07) is 3.51.